The molecule has 5 heteroatoms. The lowest BCUT2D eigenvalue weighted by molar-refractivity contribution is 0.199. The van der Waals surface area contributed by atoms with Crippen LogP contribution in [0.25, 0.3) is 0 Å². The molecule has 1 aromatic heterocycles. The van der Waals surface area contributed by atoms with Gasteiger partial charge < -0.3 is 10.2 Å². The Balaban J connectivity index is 2.15. The molecule has 0 spiro atoms. The molecule has 0 bridgehead atoms. The molecule has 0 amide bonds. The van der Waals surface area contributed by atoms with Crippen molar-refractivity contribution in [2.75, 3.05) is 30.4 Å². The third kappa shape index (κ3) is 3.32. The van der Waals surface area contributed by atoms with Crippen LogP contribution in [0, 0.1) is 11.3 Å². The fourth-order valence-electron chi connectivity index (χ4n) is 2.81. The van der Waals surface area contributed by atoms with Crippen LogP contribution in [-0.4, -0.2) is 25.1 Å². The van der Waals surface area contributed by atoms with Crippen molar-refractivity contribution in [3.8, 4) is 0 Å². The molecule has 20 heavy (non-hydrogen) atoms. The van der Waals surface area contributed by atoms with E-state index in [0.717, 1.165) is 24.8 Å². The Morgan fingerprint density at radius 2 is 1.80 bits per heavy atom. The predicted octanol–water partition coefficient (Wildman–Crippen LogP) is 4.69. The molecule has 0 radical (unpaired) electrons. The lowest BCUT2D eigenvalue weighted by atomic mass is 9.75. The summed E-state index contributed by atoms with van der Waals surface area (Å²) in [4.78, 5) is 6.82. The predicted molar refractivity (Wildman–Crippen MR) is 88.2 cm³/mol. The van der Waals surface area contributed by atoms with Crippen molar-refractivity contribution in [2.24, 2.45) is 11.3 Å². The van der Waals surface area contributed by atoms with E-state index >= 15 is 0 Å². The second-order valence-electron chi connectivity index (χ2n) is 6.50. The molecule has 3 nitrogen and oxygen atoms in total. The Morgan fingerprint density at radius 1 is 1.20 bits per heavy atom. The second-order valence-corrected chi connectivity index (χ2v) is 7.32. The van der Waals surface area contributed by atoms with Crippen LogP contribution in [0.5, 0.6) is 0 Å². The van der Waals surface area contributed by atoms with Crippen LogP contribution in [0.1, 0.15) is 33.6 Å². The van der Waals surface area contributed by atoms with Gasteiger partial charge in [0.2, 0.25) is 0 Å². The smallest absolute Gasteiger partial charge is 0.149 e. The molecule has 0 aromatic carbocycles. The first-order chi connectivity index (χ1) is 9.32. The molecule has 1 aliphatic rings. The Bertz CT molecular complexity index is 475. The van der Waals surface area contributed by atoms with E-state index in [1.807, 2.05) is 7.05 Å². The minimum atomic E-state index is 0.374. The topological polar surface area (TPSA) is 28.2 Å². The van der Waals surface area contributed by atoms with Gasteiger partial charge in [0.1, 0.15) is 11.6 Å². The summed E-state index contributed by atoms with van der Waals surface area (Å²) in [5.74, 6) is 2.28. The summed E-state index contributed by atoms with van der Waals surface area (Å²) < 4.78 is 0. The Morgan fingerprint density at radius 3 is 2.30 bits per heavy atom. The van der Waals surface area contributed by atoms with Crippen LogP contribution in [0.15, 0.2) is 6.07 Å². The molecule has 2 heterocycles. The minimum absolute atomic E-state index is 0.374. The normalized spacial score (nSPS) is 17.4. The van der Waals surface area contributed by atoms with Crippen molar-refractivity contribution < 1.29 is 0 Å². The van der Waals surface area contributed by atoms with Crippen LogP contribution in [0.4, 0.5) is 11.6 Å². The third-order valence-electron chi connectivity index (χ3n) is 4.17. The van der Waals surface area contributed by atoms with Gasteiger partial charge in [-0.2, -0.15) is 0 Å². The molecule has 1 fully saturated rings. The molecule has 0 saturated carbocycles. The molecular formula is C15H23Cl2N3. The maximum Gasteiger partial charge on any atom is 0.149 e. The highest BCUT2D eigenvalue weighted by molar-refractivity contribution is 6.37. The number of halogens is 2. The van der Waals surface area contributed by atoms with E-state index in [9.17, 15) is 0 Å². The van der Waals surface area contributed by atoms with Crippen LogP contribution in [0.2, 0.25) is 10.0 Å². The summed E-state index contributed by atoms with van der Waals surface area (Å²) in [5, 5.41) is 4.20. The Hall–Kier alpha value is -0.670. The molecule has 1 aliphatic heterocycles. The van der Waals surface area contributed by atoms with E-state index < -0.39 is 0 Å². The van der Waals surface area contributed by atoms with Crippen LogP contribution >= 0.6 is 23.2 Å². The van der Waals surface area contributed by atoms with Gasteiger partial charge in [0.15, 0.2) is 0 Å². The highest BCUT2D eigenvalue weighted by Crippen LogP contribution is 2.37. The zero-order valence-corrected chi connectivity index (χ0v) is 14.1. The van der Waals surface area contributed by atoms with Gasteiger partial charge in [-0.05, 0) is 30.2 Å². The number of pyridine rings is 1. The van der Waals surface area contributed by atoms with Gasteiger partial charge in [-0.3, -0.25) is 0 Å². The molecule has 2 rings (SSSR count). The Kier molecular flexibility index (Phi) is 4.70. The summed E-state index contributed by atoms with van der Waals surface area (Å²) >= 11 is 12.4. The second kappa shape index (κ2) is 5.98. The molecule has 1 aromatic rings. The molecule has 0 aliphatic carbocycles. The maximum atomic E-state index is 6.30. The molecule has 1 N–H and O–H groups in total. The van der Waals surface area contributed by atoms with Crippen molar-refractivity contribution in [2.45, 2.75) is 33.6 Å². The minimum Gasteiger partial charge on any atom is -0.372 e. The monoisotopic (exact) mass is 315 g/mol. The molecule has 0 atom stereocenters. The van der Waals surface area contributed by atoms with E-state index in [-0.39, 0.29) is 0 Å². The number of piperidine rings is 1. The number of hydrogen-bond acceptors (Lipinski definition) is 3. The summed E-state index contributed by atoms with van der Waals surface area (Å²) in [7, 11) is 1.82. The highest BCUT2D eigenvalue weighted by atomic mass is 35.5. The van der Waals surface area contributed by atoms with Crippen molar-refractivity contribution in [3.63, 3.8) is 0 Å². The lowest BCUT2D eigenvalue weighted by Crippen LogP contribution is -2.38. The zero-order chi connectivity index (χ0) is 14.9. The number of aromatic nitrogens is 1. The number of nitrogens with one attached hydrogen (secondary N) is 1. The van der Waals surface area contributed by atoms with E-state index in [2.05, 4.69) is 36.0 Å². The SMILES string of the molecule is CNc1nc(N2CCC(C(C)(C)C)CC2)c(Cl)cc1Cl. The highest BCUT2D eigenvalue weighted by Gasteiger charge is 2.30. The van der Waals surface area contributed by atoms with Gasteiger partial charge in [0, 0.05) is 20.1 Å². The summed E-state index contributed by atoms with van der Waals surface area (Å²) in [6.45, 7) is 8.96. The van der Waals surface area contributed by atoms with Crippen LogP contribution in [-0.2, 0) is 0 Å². The van der Waals surface area contributed by atoms with Crippen molar-refractivity contribution in [1.82, 2.24) is 4.98 Å². The van der Waals surface area contributed by atoms with Gasteiger partial charge in [0.25, 0.3) is 0 Å². The third-order valence-corrected chi connectivity index (χ3v) is 4.73. The summed E-state index contributed by atoms with van der Waals surface area (Å²) in [6.07, 6.45) is 2.36. The Labute approximate surface area is 131 Å². The first kappa shape index (κ1) is 15.7. The number of nitrogens with zero attached hydrogens (tertiary/aromatic N) is 2. The standard InChI is InChI=1S/C15H23Cl2N3/c1-15(2,3)10-5-7-20(8-6-10)14-12(17)9-11(16)13(18-4)19-14/h9-10H,5-8H2,1-4H3,(H,18,19). The largest absolute Gasteiger partial charge is 0.372 e. The zero-order valence-electron chi connectivity index (χ0n) is 12.6. The first-order valence-corrected chi connectivity index (χ1v) is 7.87. The fraction of sp³-hybridized carbons (Fsp3) is 0.667. The maximum absolute atomic E-state index is 6.30. The molecular weight excluding hydrogens is 293 g/mol. The van der Waals surface area contributed by atoms with Gasteiger partial charge in [-0.15, -0.1) is 0 Å². The van der Waals surface area contributed by atoms with Gasteiger partial charge in [-0.1, -0.05) is 44.0 Å². The number of anilines is 2. The van der Waals surface area contributed by atoms with E-state index in [4.69, 9.17) is 23.2 Å². The number of rotatable bonds is 2. The van der Waals surface area contributed by atoms with Crippen LogP contribution < -0.4 is 10.2 Å². The van der Waals surface area contributed by atoms with Crippen molar-refractivity contribution in [1.29, 1.82) is 0 Å². The van der Waals surface area contributed by atoms with Gasteiger partial charge in [-0.25, -0.2) is 4.98 Å². The quantitative estimate of drug-likeness (QED) is 0.858. The van der Waals surface area contributed by atoms with Crippen molar-refractivity contribution in [3.05, 3.63) is 16.1 Å². The average Bonchev–Trinajstić information content (AvgIpc) is 2.38. The first-order valence-electron chi connectivity index (χ1n) is 7.11. The van der Waals surface area contributed by atoms with Crippen molar-refractivity contribution >= 4 is 34.8 Å². The summed E-state index contributed by atoms with van der Waals surface area (Å²) in [5.41, 5.74) is 0.374. The van der Waals surface area contributed by atoms with E-state index in [1.54, 1.807) is 6.07 Å². The van der Waals surface area contributed by atoms with E-state index in [0.29, 0.717) is 21.3 Å². The number of hydrogen-bond donors (Lipinski definition) is 1. The molecule has 1 saturated heterocycles. The average molecular weight is 316 g/mol. The fourth-order valence-corrected chi connectivity index (χ4v) is 3.38. The molecule has 0 unspecified atom stereocenters. The van der Waals surface area contributed by atoms with Gasteiger partial charge >= 0.3 is 0 Å². The molecule has 112 valence electrons. The van der Waals surface area contributed by atoms with Crippen LogP contribution in [0.3, 0.4) is 0 Å². The lowest BCUT2D eigenvalue weighted by Gasteiger charge is -2.39. The summed E-state index contributed by atoms with van der Waals surface area (Å²) in [6, 6.07) is 1.77. The van der Waals surface area contributed by atoms with E-state index in [1.165, 1.54) is 12.8 Å². The van der Waals surface area contributed by atoms with Gasteiger partial charge in [0.05, 0.1) is 10.0 Å².